The zero-order valence-corrected chi connectivity index (χ0v) is 10.6. The third kappa shape index (κ3) is 2.61. The molecule has 1 saturated heterocycles. The molecule has 0 radical (unpaired) electrons. The molecule has 1 amide bonds. The van der Waals surface area contributed by atoms with E-state index in [0.29, 0.717) is 25.3 Å². The number of nitrogens with one attached hydrogen (secondary N) is 1. The molecule has 18 heavy (non-hydrogen) atoms. The third-order valence-corrected chi connectivity index (χ3v) is 3.75. The van der Waals surface area contributed by atoms with Gasteiger partial charge >= 0.3 is 0 Å². The number of aromatic amines is 1. The highest BCUT2D eigenvalue weighted by Crippen LogP contribution is 2.29. The van der Waals surface area contributed by atoms with Crippen LogP contribution in [-0.2, 0) is 0 Å². The molecule has 0 spiro atoms. The molecule has 1 aliphatic rings. The number of hydrogen-bond acceptors (Lipinski definition) is 3. The van der Waals surface area contributed by atoms with Crippen molar-refractivity contribution in [3.63, 3.8) is 0 Å². The zero-order valence-electron chi connectivity index (χ0n) is 10.6. The van der Waals surface area contributed by atoms with Gasteiger partial charge in [-0.3, -0.25) is 9.59 Å². The molecule has 1 aromatic heterocycles. The standard InChI is InChI=1S/C13H19N3O2/c1-13(9-14)5-7-16(8-6-13)12(18)10-3-2-4-11(17)15-10/h2-4H,5-9,14H2,1H3,(H,15,17). The number of H-pyrrole nitrogens is 1. The average Bonchev–Trinajstić information content (AvgIpc) is 2.39. The van der Waals surface area contributed by atoms with E-state index in [2.05, 4.69) is 11.9 Å². The van der Waals surface area contributed by atoms with Gasteiger partial charge in [-0.2, -0.15) is 0 Å². The molecule has 0 aliphatic carbocycles. The van der Waals surface area contributed by atoms with E-state index < -0.39 is 0 Å². The number of aromatic nitrogens is 1. The maximum atomic E-state index is 12.2. The van der Waals surface area contributed by atoms with Gasteiger partial charge in [0.1, 0.15) is 5.69 Å². The summed E-state index contributed by atoms with van der Waals surface area (Å²) < 4.78 is 0. The van der Waals surface area contributed by atoms with Gasteiger partial charge in [0.2, 0.25) is 5.56 Å². The number of pyridine rings is 1. The predicted molar refractivity (Wildman–Crippen MR) is 69.4 cm³/mol. The second-order valence-corrected chi connectivity index (χ2v) is 5.24. The van der Waals surface area contributed by atoms with Gasteiger partial charge < -0.3 is 15.6 Å². The van der Waals surface area contributed by atoms with Crippen LogP contribution in [-0.4, -0.2) is 35.4 Å². The van der Waals surface area contributed by atoms with Gasteiger partial charge in [0, 0.05) is 19.2 Å². The van der Waals surface area contributed by atoms with E-state index in [4.69, 9.17) is 5.73 Å². The Morgan fingerprint density at radius 1 is 1.44 bits per heavy atom. The highest BCUT2D eigenvalue weighted by atomic mass is 16.2. The van der Waals surface area contributed by atoms with Crippen LogP contribution < -0.4 is 11.3 Å². The summed E-state index contributed by atoms with van der Waals surface area (Å²) in [7, 11) is 0. The van der Waals surface area contributed by atoms with E-state index >= 15 is 0 Å². The average molecular weight is 249 g/mol. The van der Waals surface area contributed by atoms with Crippen LogP contribution in [0, 0.1) is 5.41 Å². The van der Waals surface area contributed by atoms with Crippen molar-refractivity contribution in [2.24, 2.45) is 11.1 Å². The first-order chi connectivity index (χ1) is 8.54. The summed E-state index contributed by atoms with van der Waals surface area (Å²) >= 11 is 0. The van der Waals surface area contributed by atoms with Crippen molar-refractivity contribution in [2.45, 2.75) is 19.8 Å². The molecule has 2 heterocycles. The molecular weight excluding hydrogens is 230 g/mol. The molecule has 0 atom stereocenters. The molecular formula is C13H19N3O2. The smallest absolute Gasteiger partial charge is 0.270 e. The third-order valence-electron chi connectivity index (χ3n) is 3.75. The number of rotatable bonds is 2. The van der Waals surface area contributed by atoms with Crippen LogP contribution in [0.25, 0.3) is 0 Å². The van der Waals surface area contributed by atoms with Crippen LogP contribution in [0.4, 0.5) is 0 Å². The van der Waals surface area contributed by atoms with E-state index in [1.807, 2.05) is 0 Å². The summed E-state index contributed by atoms with van der Waals surface area (Å²) in [6, 6.07) is 4.64. The normalized spacial score (nSPS) is 18.7. The highest BCUT2D eigenvalue weighted by Gasteiger charge is 2.31. The molecule has 2 rings (SSSR count). The van der Waals surface area contributed by atoms with Gasteiger partial charge in [0.25, 0.3) is 5.91 Å². The molecule has 5 nitrogen and oxygen atoms in total. The maximum Gasteiger partial charge on any atom is 0.270 e. The summed E-state index contributed by atoms with van der Waals surface area (Å²) in [6.45, 7) is 4.20. The van der Waals surface area contributed by atoms with E-state index in [9.17, 15) is 9.59 Å². The van der Waals surface area contributed by atoms with Crippen LogP contribution in [0.3, 0.4) is 0 Å². The number of nitrogens with zero attached hydrogens (tertiary/aromatic N) is 1. The Kier molecular flexibility index (Phi) is 3.52. The van der Waals surface area contributed by atoms with E-state index in [0.717, 1.165) is 12.8 Å². The molecule has 5 heteroatoms. The van der Waals surface area contributed by atoms with Gasteiger partial charge in [-0.05, 0) is 30.9 Å². The fourth-order valence-corrected chi connectivity index (χ4v) is 2.20. The van der Waals surface area contributed by atoms with Gasteiger partial charge in [0.05, 0.1) is 0 Å². The first kappa shape index (κ1) is 12.8. The largest absolute Gasteiger partial charge is 0.337 e. The number of hydrogen-bond donors (Lipinski definition) is 2. The lowest BCUT2D eigenvalue weighted by molar-refractivity contribution is 0.0611. The minimum Gasteiger partial charge on any atom is -0.337 e. The number of amides is 1. The Morgan fingerprint density at radius 2 is 2.11 bits per heavy atom. The van der Waals surface area contributed by atoms with Gasteiger partial charge in [-0.15, -0.1) is 0 Å². The number of carbonyl (C=O) groups is 1. The minimum atomic E-state index is -0.246. The summed E-state index contributed by atoms with van der Waals surface area (Å²) in [6.07, 6.45) is 1.82. The SMILES string of the molecule is CC1(CN)CCN(C(=O)c2cccc(=O)[nH]2)CC1. The van der Waals surface area contributed by atoms with Crippen molar-refractivity contribution < 1.29 is 4.79 Å². The minimum absolute atomic E-state index is 0.105. The van der Waals surface area contributed by atoms with Crippen molar-refractivity contribution in [3.8, 4) is 0 Å². The number of piperidine rings is 1. The number of nitrogens with two attached hydrogens (primary N) is 1. The monoisotopic (exact) mass is 249 g/mol. The molecule has 0 saturated carbocycles. The summed E-state index contributed by atoms with van der Waals surface area (Å²) in [5, 5.41) is 0. The molecule has 1 aromatic rings. The van der Waals surface area contributed by atoms with Crippen LogP contribution in [0.2, 0.25) is 0 Å². The molecule has 3 N–H and O–H groups in total. The Morgan fingerprint density at radius 3 is 2.67 bits per heavy atom. The maximum absolute atomic E-state index is 12.2. The van der Waals surface area contributed by atoms with Gasteiger partial charge in [-0.25, -0.2) is 0 Å². The Hall–Kier alpha value is -1.62. The lowest BCUT2D eigenvalue weighted by Crippen LogP contribution is -2.45. The molecule has 0 aromatic carbocycles. The number of likely N-dealkylation sites (tertiary alicyclic amines) is 1. The second kappa shape index (κ2) is 4.94. The van der Waals surface area contributed by atoms with Gasteiger partial charge in [0.15, 0.2) is 0 Å². The summed E-state index contributed by atoms with van der Waals surface area (Å²) in [5.41, 5.74) is 5.99. The highest BCUT2D eigenvalue weighted by molar-refractivity contribution is 5.92. The quantitative estimate of drug-likeness (QED) is 0.804. The fourth-order valence-electron chi connectivity index (χ4n) is 2.20. The van der Waals surface area contributed by atoms with E-state index in [1.165, 1.54) is 6.07 Å². The molecule has 1 fully saturated rings. The molecule has 1 aliphatic heterocycles. The summed E-state index contributed by atoms with van der Waals surface area (Å²) in [4.78, 5) is 27.7. The molecule has 98 valence electrons. The van der Waals surface area contributed by atoms with Crippen molar-refractivity contribution in [1.29, 1.82) is 0 Å². The van der Waals surface area contributed by atoms with Crippen LogP contribution in [0.1, 0.15) is 30.3 Å². The topological polar surface area (TPSA) is 79.2 Å². The van der Waals surface area contributed by atoms with Crippen LogP contribution >= 0.6 is 0 Å². The van der Waals surface area contributed by atoms with Crippen LogP contribution in [0.15, 0.2) is 23.0 Å². The predicted octanol–water partition coefficient (Wildman–Crippen LogP) is 0.576. The van der Waals surface area contributed by atoms with Crippen molar-refractivity contribution in [3.05, 3.63) is 34.2 Å². The second-order valence-electron chi connectivity index (χ2n) is 5.24. The first-order valence-corrected chi connectivity index (χ1v) is 6.23. The Bertz CT molecular complexity index is 487. The van der Waals surface area contributed by atoms with E-state index in [1.54, 1.807) is 17.0 Å². The summed E-state index contributed by atoms with van der Waals surface area (Å²) in [5.74, 6) is -0.105. The zero-order chi connectivity index (χ0) is 13.2. The Labute approximate surface area is 106 Å². The van der Waals surface area contributed by atoms with Crippen LogP contribution in [0.5, 0.6) is 0 Å². The molecule has 0 unspecified atom stereocenters. The lowest BCUT2D eigenvalue weighted by atomic mass is 9.80. The van der Waals surface area contributed by atoms with Crippen molar-refractivity contribution in [1.82, 2.24) is 9.88 Å². The number of carbonyl (C=O) groups excluding carboxylic acids is 1. The first-order valence-electron chi connectivity index (χ1n) is 6.23. The Balaban J connectivity index is 2.06. The molecule has 0 bridgehead atoms. The fraction of sp³-hybridized carbons (Fsp3) is 0.538. The van der Waals surface area contributed by atoms with Gasteiger partial charge in [-0.1, -0.05) is 13.0 Å². The van der Waals surface area contributed by atoms with E-state index in [-0.39, 0.29) is 16.9 Å². The van der Waals surface area contributed by atoms with Crippen molar-refractivity contribution in [2.75, 3.05) is 19.6 Å². The van der Waals surface area contributed by atoms with Crippen molar-refractivity contribution >= 4 is 5.91 Å². The lowest BCUT2D eigenvalue weighted by Gasteiger charge is -2.38.